The SMILES string of the molecule is CCN1CCN(C(=O)C(=Cc2ccco2)c2ccccc2)CC1. The molecular formula is C19H22N2O2. The first-order valence-electron chi connectivity index (χ1n) is 8.10. The first kappa shape index (κ1) is 15.6. The van der Waals surface area contributed by atoms with E-state index in [4.69, 9.17) is 4.42 Å². The van der Waals surface area contributed by atoms with E-state index in [9.17, 15) is 4.79 Å². The van der Waals surface area contributed by atoms with Crippen molar-refractivity contribution in [2.75, 3.05) is 32.7 Å². The van der Waals surface area contributed by atoms with Crippen molar-refractivity contribution in [2.45, 2.75) is 6.92 Å². The van der Waals surface area contributed by atoms with Crippen LogP contribution in [0.5, 0.6) is 0 Å². The van der Waals surface area contributed by atoms with E-state index in [0.29, 0.717) is 11.3 Å². The van der Waals surface area contributed by atoms with Crippen LogP contribution in [0.25, 0.3) is 11.6 Å². The van der Waals surface area contributed by atoms with Crippen LogP contribution in [0.3, 0.4) is 0 Å². The molecule has 1 saturated heterocycles. The molecule has 1 aromatic carbocycles. The predicted molar refractivity (Wildman–Crippen MR) is 91.7 cm³/mol. The Hall–Kier alpha value is -2.33. The Morgan fingerprint density at radius 1 is 1.09 bits per heavy atom. The molecule has 1 fully saturated rings. The molecule has 23 heavy (non-hydrogen) atoms. The van der Waals surface area contributed by atoms with Crippen molar-refractivity contribution < 1.29 is 9.21 Å². The Labute approximate surface area is 137 Å². The van der Waals surface area contributed by atoms with Crippen molar-refractivity contribution in [1.82, 2.24) is 9.80 Å². The normalized spacial score (nSPS) is 16.6. The molecule has 0 aliphatic carbocycles. The number of rotatable bonds is 4. The second-order valence-electron chi connectivity index (χ2n) is 5.67. The maximum atomic E-state index is 13.0. The van der Waals surface area contributed by atoms with Gasteiger partial charge in [-0.1, -0.05) is 37.3 Å². The summed E-state index contributed by atoms with van der Waals surface area (Å²) >= 11 is 0. The van der Waals surface area contributed by atoms with E-state index in [1.54, 1.807) is 6.26 Å². The highest BCUT2D eigenvalue weighted by molar-refractivity contribution is 6.24. The smallest absolute Gasteiger partial charge is 0.254 e. The first-order valence-corrected chi connectivity index (χ1v) is 8.10. The van der Waals surface area contributed by atoms with Gasteiger partial charge in [0, 0.05) is 26.2 Å². The molecule has 1 aliphatic heterocycles. The third kappa shape index (κ3) is 3.71. The zero-order valence-electron chi connectivity index (χ0n) is 13.4. The molecule has 0 saturated carbocycles. The van der Waals surface area contributed by atoms with Crippen molar-refractivity contribution in [1.29, 1.82) is 0 Å². The zero-order chi connectivity index (χ0) is 16.1. The standard InChI is InChI=1S/C19H22N2O2/c1-2-20-10-12-21(13-11-20)19(22)18(15-17-9-6-14-23-17)16-7-4-3-5-8-16/h3-9,14-15H,2,10-13H2,1H3. The molecule has 4 nitrogen and oxygen atoms in total. The molecule has 2 aromatic rings. The predicted octanol–water partition coefficient (Wildman–Crippen LogP) is 2.98. The Balaban J connectivity index is 1.85. The molecule has 0 bridgehead atoms. The van der Waals surface area contributed by atoms with Crippen molar-refractivity contribution in [3.8, 4) is 0 Å². The highest BCUT2D eigenvalue weighted by atomic mass is 16.3. The van der Waals surface area contributed by atoms with Crippen LogP contribution in [0, 0.1) is 0 Å². The molecule has 120 valence electrons. The van der Waals surface area contributed by atoms with E-state index in [1.165, 1.54) is 0 Å². The van der Waals surface area contributed by atoms with Gasteiger partial charge in [0.1, 0.15) is 5.76 Å². The van der Waals surface area contributed by atoms with Gasteiger partial charge in [-0.2, -0.15) is 0 Å². The average molecular weight is 310 g/mol. The lowest BCUT2D eigenvalue weighted by atomic mass is 10.0. The first-order chi connectivity index (χ1) is 11.3. The van der Waals surface area contributed by atoms with Crippen LogP contribution >= 0.6 is 0 Å². The molecule has 0 unspecified atom stereocenters. The number of carbonyl (C=O) groups excluding carboxylic acids is 1. The third-order valence-electron chi connectivity index (χ3n) is 4.25. The molecular weight excluding hydrogens is 288 g/mol. The second kappa shape index (κ2) is 7.29. The quantitative estimate of drug-likeness (QED) is 0.815. The van der Waals surface area contributed by atoms with Gasteiger partial charge in [0.2, 0.25) is 0 Å². The lowest BCUT2D eigenvalue weighted by Gasteiger charge is -2.34. The molecule has 0 radical (unpaired) electrons. The zero-order valence-corrected chi connectivity index (χ0v) is 13.4. The van der Waals surface area contributed by atoms with Crippen molar-refractivity contribution >= 4 is 17.6 Å². The summed E-state index contributed by atoms with van der Waals surface area (Å²) in [5, 5.41) is 0. The topological polar surface area (TPSA) is 36.7 Å². The van der Waals surface area contributed by atoms with Gasteiger partial charge in [-0.15, -0.1) is 0 Å². The molecule has 3 rings (SSSR count). The van der Waals surface area contributed by atoms with E-state index in [-0.39, 0.29) is 5.91 Å². The van der Waals surface area contributed by atoms with Gasteiger partial charge in [0.25, 0.3) is 5.91 Å². The summed E-state index contributed by atoms with van der Waals surface area (Å²) in [6, 6.07) is 13.5. The molecule has 1 amide bonds. The summed E-state index contributed by atoms with van der Waals surface area (Å²) in [6.07, 6.45) is 3.46. The van der Waals surface area contributed by atoms with E-state index < -0.39 is 0 Å². The average Bonchev–Trinajstić information content (AvgIpc) is 3.13. The summed E-state index contributed by atoms with van der Waals surface area (Å²) in [5.74, 6) is 0.771. The summed E-state index contributed by atoms with van der Waals surface area (Å²) in [4.78, 5) is 17.3. The summed E-state index contributed by atoms with van der Waals surface area (Å²) < 4.78 is 5.40. The lowest BCUT2D eigenvalue weighted by molar-refractivity contribution is -0.126. The molecule has 2 heterocycles. The Morgan fingerprint density at radius 2 is 1.83 bits per heavy atom. The van der Waals surface area contributed by atoms with E-state index in [2.05, 4.69) is 11.8 Å². The monoisotopic (exact) mass is 310 g/mol. The van der Waals surface area contributed by atoms with Gasteiger partial charge in [0.05, 0.1) is 11.8 Å². The van der Waals surface area contributed by atoms with Crippen LogP contribution in [0.1, 0.15) is 18.2 Å². The maximum absolute atomic E-state index is 13.0. The van der Waals surface area contributed by atoms with Crippen LogP contribution in [0.15, 0.2) is 53.1 Å². The number of nitrogens with zero attached hydrogens (tertiary/aromatic N) is 2. The molecule has 0 atom stereocenters. The fourth-order valence-electron chi connectivity index (χ4n) is 2.84. The van der Waals surface area contributed by atoms with Crippen molar-refractivity contribution in [3.63, 3.8) is 0 Å². The minimum atomic E-state index is 0.0725. The van der Waals surface area contributed by atoms with Gasteiger partial charge in [-0.05, 0) is 30.3 Å². The summed E-state index contributed by atoms with van der Waals surface area (Å²) in [6.45, 7) is 6.61. The van der Waals surface area contributed by atoms with Crippen molar-refractivity contribution in [3.05, 3.63) is 60.1 Å². The molecule has 0 spiro atoms. The van der Waals surface area contributed by atoms with Gasteiger partial charge in [-0.25, -0.2) is 0 Å². The van der Waals surface area contributed by atoms with Gasteiger partial charge in [0.15, 0.2) is 0 Å². The number of carbonyl (C=O) groups is 1. The molecule has 1 aliphatic rings. The van der Waals surface area contributed by atoms with Crippen LogP contribution < -0.4 is 0 Å². The number of benzene rings is 1. The maximum Gasteiger partial charge on any atom is 0.254 e. The Kier molecular flexibility index (Phi) is 4.93. The number of hydrogen-bond donors (Lipinski definition) is 0. The largest absolute Gasteiger partial charge is 0.465 e. The van der Waals surface area contributed by atoms with E-state index in [0.717, 1.165) is 38.3 Å². The van der Waals surface area contributed by atoms with Gasteiger partial charge >= 0.3 is 0 Å². The van der Waals surface area contributed by atoms with Crippen LogP contribution in [-0.4, -0.2) is 48.4 Å². The van der Waals surface area contributed by atoms with Crippen LogP contribution in [-0.2, 0) is 4.79 Å². The summed E-state index contributed by atoms with van der Waals surface area (Å²) in [5.41, 5.74) is 1.61. The fourth-order valence-corrected chi connectivity index (χ4v) is 2.84. The molecule has 4 heteroatoms. The third-order valence-corrected chi connectivity index (χ3v) is 4.25. The second-order valence-corrected chi connectivity index (χ2v) is 5.67. The Morgan fingerprint density at radius 3 is 2.43 bits per heavy atom. The Bertz CT molecular complexity index is 654. The lowest BCUT2D eigenvalue weighted by Crippen LogP contribution is -2.48. The number of furan rings is 1. The fraction of sp³-hybridized carbons (Fsp3) is 0.316. The van der Waals surface area contributed by atoms with Gasteiger partial charge < -0.3 is 14.2 Å². The number of likely N-dealkylation sites (N-methyl/N-ethyl adjacent to an activating group) is 1. The minimum Gasteiger partial charge on any atom is -0.465 e. The van der Waals surface area contributed by atoms with Gasteiger partial charge in [-0.3, -0.25) is 4.79 Å². The van der Waals surface area contributed by atoms with Crippen molar-refractivity contribution in [2.24, 2.45) is 0 Å². The molecule has 1 aromatic heterocycles. The highest BCUT2D eigenvalue weighted by Gasteiger charge is 2.24. The van der Waals surface area contributed by atoms with E-state index in [1.807, 2.05) is 53.4 Å². The van der Waals surface area contributed by atoms with Crippen LogP contribution in [0.2, 0.25) is 0 Å². The number of hydrogen-bond acceptors (Lipinski definition) is 3. The number of amides is 1. The summed E-state index contributed by atoms with van der Waals surface area (Å²) in [7, 11) is 0. The number of piperazine rings is 1. The molecule has 0 N–H and O–H groups in total. The van der Waals surface area contributed by atoms with E-state index >= 15 is 0 Å². The van der Waals surface area contributed by atoms with Crippen LogP contribution in [0.4, 0.5) is 0 Å². The minimum absolute atomic E-state index is 0.0725. The highest BCUT2D eigenvalue weighted by Crippen LogP contribution is 2.22.